The molecule has 29 heavy (non-hydrogen) atoms. The maximum atomic E-state index is 12.1. The minimum absolute atomic E-state index is 0. The summed E-state index contributed by atoms with van der Waals surface area (Å²) in [6.45, 7) is 3.58. The molecule has 0 aliphatic heterocycles. The molecule has 6 nitrogen and oxygen atoms in total. The lowest BCUT2D eigenvalue weighted by atomic mass is 10.1. The van der Waals surface area contributed by atoms with Gasteiger partial charge in [-0.05, 0) is 24.5 Å². The first-order chi connectivity index (χ1) is 13.5. The van der Waals surface area contributed by atoms with Crippen molar-refractivity contribution in [2.24, 2.45) is 4.99 Å². The molecule has 0 bridgehead atoms. The Morgan fingerprint density at radius 1 is 1.17 bits per heavy atom. The predicted octanol–water partition coefficient (Wildman–Crippen LogP) is 3.73. The summed E-state index contributed by atoms with van der Waals surface area (Å²) in [5.74, 6) is 0.728. The molecule has 2 N–H and O–H groups in total. The number of aryl methyl sites for hydroxylation is 1. The van der Waals surface area contributed by atoms with Crippen LogP contribution in [0.1, 0.15) is 24.5 Å². The van der Waals surface area contributed by atoms with Crippen LogP contribution in [0.25, 0.3) is 0 Å². The average molecular weight is 525 g/mol. The minimum Gasteiger partial charge on any atom is -0.367 e. The van der Waals surface area contributed by atoms with Crippen LogP contribution in [0.3, 0.4) is 0 Å². The topological polar surface area (TPSA) is 63.5 Å². The number of hydrogen-bond donors (Lipinski definition) is 2. The highest BCUT2D eigenvalue weighted by molar-refractivity contribution is 14.0. The van der Waals surface area contributed by atoms with Crippen molar-refractivity contribution in [1.82, 2.24) is 20.2 Å². The van der Waals surface area contributed by atoms with E-state index in [4.69, 9.17) is 0 Å². The smallest absolute Gasteiger partial charge is 0.367 e. The van der Waals surface area contributed by atoms with Crippen LogP contribution >= 0.6 is 24.0 Å². The summed E-state index contributed by atoms with van der Waals surface area (Å²) in [6, 6.07) is 7.20. The third-order valence-corrected chi connectivity index (χ3v) is 3.77. The number of imidazole rings is 1. The maximum absolute atomic E-state index is 12.1. The average Bonchev–Trinajstić information content (AvgIpc) is 3.16. The highest BCUT2D eigenvalue weighted by Crippen LogP contribution is 2.16. The predicted molar refractivity (Wildman–Crippen MR) is 117 cm³/mol. The fourth-order valence-electron chi connectivity index (χ4n) is 2.43. The Balaban J connectivity index is 0.00000420. The lowest BCUT2D eigenvalue weighted by Gasteiger charge is -2.11. The third kappa shape index (κ3) is 11.1. The van der Waals surface area contributed by atoms with Gasteiger partial charge in [0.1, 0.15) is 6.61 Å². The molecule has 0 saturated heterocycles. The van der Waals surface area contributed by atoms with Gasteiger partial charge in [0.25, 0.3) is 0 Å². The highest BCUT2D eigenvalue weighted by atomic mass is 127. The zero-order valence-corrected chi connectivity index (χ0v) is 18.6. The fraction of sp³-hybridized carbons (Fsp3) is 0.474. The molecule has 1 aromatic heterocycles. The van der Waals surface area contributed by atoms with Crippen LogP contribution < -0.4 is 10.6 Å². The van der Waals surface area contributed by atoms with Gasteiger partial charge in [-0.2, -0.15) is 13.2 Å². The molecule has 10 heteroatoms. The molecular weight excluding hydrogens is 498 g/mol. The molecular formula is C19H27F3IN5O. The van der Waals surface area contributed by atoms with Crippen LogP contribution in [-0.2, 0) is 24.4 Å². The van der Waals surface area contributed by atoms with E-state index in [0.717, 1.165) is 37.6 Å². The largest absolute Gasteiger partial charge is 0.411 e. The summed E-state index contributed by atoms with van der Waals surface area (Å²) >= 11 is 0. The molecule has 0 spiro atoms. The zero-order chi connectivity index (χ0) is 20.2. The number of guanidine groups is 1. The third-order valence-electron chi connectivity index (χ3n) is 3.77. The standard InChI is InChI=1S/C19H26F3N5O.HI/c1-2-24-18(25-8-3-10-27-11-9-23-15-27)26-12-16-4-6-17(7-5-16)13-28-14-19(20,21)22;/h4-7,9,11,15H,2-3,8,10,12-14H2,1H3,(H2,24,25,26);1H. The number of nitrogens with zero attached hydrogens (tertiary/aromatic N) is 3. The SMILES string of the molecule is CCNC(=NCc1ccc(COCC(F)(F)F)cc1)NCCCn1ccnc1.I. The number of halogens is 4. The lowest BCUT2D eigenvalue weighted by molar-refractivity contribution is -0.176. The Labute approximate surface area is 186 Å². The van der Waals surface area contributed by atoms with Gasteiger partial charge in [-0.25, -0.2) is 9.98 Å². The van der Waals surface area contributed by atoms with Crippen molar-refractivity contribution in [3.63, 3.8) is 0 Å². The molecule has 0 amide bonds. The molecule has 0 aliphatic carbocycles. The van der Waals surface area contributed by atoms with Gasteiger partial charge in [0.2, 0.25) is 0 Å². The first kappa shape index (κ1) is 25.2. The van der Waals surface area contributed by atoms with Crippen molar-refractivity contribution < 1.29 is 17.9 Å². The first-order valence-corrected chi connectivity index (χ1v) is 9.16. The van der Waals surface area contributed by atoms with Gasteiger partial charge in [0.05, 0.1) is 19.5 Å². The Bertz CT molecular complexity index is 706. The van der Waals surface area contributed by atoms with E-state index in [2.05, 4.69) is 25.3 Å². The Morgan fingerprint density at radius 2 is 1.90 bits per heavy atom. The van der Waals surface area contributed by atoms with E-state index < -0.39 is 12.8 Å². The Morgan fingerprint density at radius 3 is 2.52 bits per heavy atom. The number of benzene rings is 1. The summed E-state index contributed by atoms with van der Waals surface area (Å²) in [5.41, 5.74) is 1.66. The van der Waals surface area contributed by atoms with Crippen molar-refractivity contribution in [2.75, 3.05) is 19.7 Å². The fourth-order valence-corrected chi connectivity index (χ4v) is 2.43. The quantitative estimate of drug-likeness (QED) is 0.215. The van der Waals surface area contributed by atoms with Crippen LogP contribution in [0.15, 0.2) is 48.0 Å². The van der Waals surface area contributed by atoms with E-state index in [0.29, 0.717) is 12.1 Å². The monoisotopic (exact) mass is 525 g/mol. The summed E-state index contributed by atoms with van der Waals surface area (Å²) < 4.78 is 42.9. The van der Waals surface area contributed by atoms with Crippen molar-refractivity contribution in [3.8, 4) is 0 Å². The molecule has 1 heterocycles. The Hall–Kier alpha value is -1.82. The zero-order valence-electron chi connectivity index (χ0n) is 16.3. The molecule has 0 unspecified atom stereocenters. The van der Waals surface area contributed by atoms with Crippen molar-refractivity contribution in [2.45, 2.75) is 39.2 Å². The van der Waals surface area contributed by atoms with Crippen molar-refractivity contribution in [1.29, 1.82) is 0 Å². The lowest BCUT2D eigenvalue weighted by Crippen LogP contribution is -2.38. The van der Waals surface area contributed by atoms with Gasteiger partial charge in [-0.3, -0.25) is 0 Å². The molecule has 0 saturated carbocycles. The molecule has 0 radical (unpaired) electrons. The van der Waals surface area contributed by atoms with E-state index in [1.54, 1.807) is 24.7 Å². The van der Waals surface area contributed by atoms with E-state index >= 15 is 0 Å². The number of aromatic nitrogens is 2. The van der Waals surface area contributed by atoms with E-state index in [1.165, 1.54) is 0 Å². The van der Waals surface area contributed by atoms with Crippen molar-refractivity contribution in [3.05, 3.63) is 54.1 Å². The molecule has 0 atom stereocenters. The molecule has 2 aromatic rings. The normalized spacial score (nSPS) is 11.8. The molecule has 1 aromatic carbocycles. The van der Waals surface area contributed by atoms with E-state index in [-0.39, 0.29) is 30.6 Å². The minimum atomic E-state index is -4.30. The van der Waals surface area contributed by atoms with E-state index in [1.807, 2.05) is 29.8 Å². The van der Waals surface area contributed by atoms with Gasteiger partial charge in [0.15, 0.2) is 5.96 Å². The summed E-state index contributed by atoms with van der Waals surface area (Å²) in [5, 5.41) is 6.48. The molecule has 2 rings (SSSR count). The second kappa shape index (κ2) is 13.4. The Kier molecular flexibility index (Phi) is 11.7. The van der Waals surface area contributed by atoms with Gasteiger partial charge in [-0.1, -0.05) is 24.3 Å². The van der Waals surface area contributed by atoms with Crippen LogP contribution in [0.4, 0.5) is 13.2 Å². The van der Waals surface area contributed by atoms with Gasteiger partial charge >= 0.3 is 6.18 Å². The molecule has 0 aliphatic rings. The number of rotatable bonds is 10. The van der Waals surface area contributed by atoms with Crippen LogP contribution in [0, 0.1) is 0 Å². The van der Waals surface area contributed by atoms with E-state index in [9.17, 15) is 13.2 Å². The highest BCUT2D eigenvalue weighted by Gasteiger charge is 2.27. The van der Waals surface area contributed by atoms with Gasteiger partial charge in [-0.15, -0.1) is 24.0 Å². The van der Waals surface area contributed by atoms with Gasteiger partial charge < -0.3 is 19.9 Å². The van der Waals surface area contributed by atoms with Gasteiger partial charge in [0, 0.05) is 32.0 Å². The number of ether oxygens (including phenoxy) is 1. The summed E-state index contributed by atoms with van der Waals surface area (Å²) in [6.07, 6.45) is 2.11. The van der Waals surface area contributed by atoms with Crippen molar-refractivity contribution >= 4 is 29.9 Å². The number of alkyl halides is 3. The number of nitrogens with one attached hydrogen (secondary N) is 2. The second-order valence-corrected chi connectivity index (χ2v) is 6.20. The van der Waals surface area contributed by atoms with Crippen LogP contribution in [-0.4, -0.2) is 41.4 Å². The van der Waals surface area contributed by atoms with Crippen LogP contribution in [0.5, 0.6) is 0 Å². The molecule has 162 valence electrons. The summed E-state index contributed by atoms with van der Waals surface area (Å²) in [7, 11) is 0. The first-order valence-electron chi connectivity index (χ1n) is 9.16. The van der Waals surface area contributed by atoms with Crippen LogP contribution in [0.2, 0.25) is 0 Å². The summed E-state index contributed by atoms with van der Waals surface area (Å²) in [4.78, 5) is 8.55. The maximum Gasteiger partial charge on any atom is 0.411 e. The number of hydrogen-bond acceptors (Lipinski definition) is 3. The molecule has 0 fully saturated rings. The second-order valence-electron chi connectivity index (χ2n) is 6.20. The number of aliphatic imine (C=N–C) groups is 1.